The summed E-state index contributed by atoms with van der Waals surface area (Å²) in [5.41, 5.74) is 1.16. The maximum Gasteiger partial charge on any atom is 0.393 e. The first-order valence-corrected chi connectivity index (χ1v) is 11.5. The molecule has 1 aromatic carbocycles. The molecule has 1 fully saturated rings. The fraction of sp³-hybridized carbons (Fsp3) is 0.526. The minimum absolute atomic E-state index is 0.0968. The summed E-state index contributed by atoms with van der Waals surface area (Å²) in [6, 6.07) is 10.9. The lowest BCUT2D eigenvalue weighted by molar-refractivity contribution is -0.353. The predicted molar refractivity (Wildman–Crippen MR) is 105 cm³/mol. The summed E-state index contributed by atoms with van der Waals surface area (Å²) < 4.78 is 11.2. The van der Waals surface area contributed by atoms with Crippen molar-refractivity contribution in [1.82, 2.24) is 4.67 Å². The molecule has 0 saturated heterocycles. The lowest BCUT2D eigenvalue weighted by Crippen LogP contribution is -2.46. The van der Waals surface area contributed by atoms with Gasteiger partial charge in [0.1, 0.15) is 19.4 Å². The van der Waals surface area contributed by atoms with Gasteiger partial charge in [0.05, 0.1) is 5.92 Å². The van der Waals surface area contributed by atoms with Gasteiger partial charge in [-0.15, -0.1) is 0 Å². The first kappa shape index (κ1) is 18.0. The standard InChI is InChI=1S/C19H28N2OPS/c1-4-10-19(16-11-6-5-7-12-16)22-23(24)20(2)15-17-13-8-9-14-18(17)21(23)3/h4-7,10-12,15,17-19H,8-9,13-14H2,1-3H3/q+1/b10-4+/t17?,18-,19?,23?/m1/s1. The van der Waals surface area contributed by atoms with Gasteiger partial charge in [0.15, 0.2) is 0 Å². The number of rotatable bonds is 4. The molecule has 0 bridgehead atoms. The number of benzene rings is 1. The van der Waals surface area contributed by atoms with E-state index >= 15 is 0 Å². The highest BCUT2D eigenvalue weighted by Gasteiger charge is 2.48. The van der Waals surface area contributed by atoms with Gasteiger partial charge in [0.25, 0.3) is 0 Å². The van der Waals surface area contributed by atoms with Crippen molar-refractivity contribution in [2.24, 2.45) is 5.92 Å². The van der Waals surface area contributed by atoms with E-state index in [2.05, 4.69) is 65.7 Å². The molecule has 3 unspecified atom stereocenters. The quantitative estimate of drug-likeness (QED) is 0.566. The number of hydrogen-bond acceptors (Lipinski definition) is 2. The average molecular weight is 363 g/mol. The third-order valence-electron chi connectivity index (χ3n) is 5.21. The number of fused-ring (bicyclic) bond motifs is 1. The Morgan fingerprint density at radius 2 is 2.00 bits per heavy atom. The van der Waals surface area contributed by atoms with E-state index in [0.717, 1.165) is 5.56 Å². The van der Waals surface area contributed by atoms with Crippen LogP contribution in [0.4, 0.5) is 0 Å². The maximum absolute atomic E-state index is 6.64. The Bertz CT molecular complexity index is 673. The minimum Gasteiger partial charge on any atom is -0.276 e. The van der Waals surface area contributed by atoms with Gasteiger partial charge in [0, 0.05) is 17.8 Å². The Kier molecular flexibility index (Phi) is 5.71. The van der Waals surface area contributed by atoms with Crippen LogP contribution < -0.4 is 0 Å². The van der Waals surface area contributed by atoms with Gasteiger partial charge in [-0.25, -0.2) is 0 Å². The van der Waals surface area contributed by atoms with Crippen LogP contribution in [-0.2, 0) is 16.3 Å². The van der Waals surface area contributed by atoms with Crippen LogP contribution in [0.5, 0.6) is 0 Å². The molecule has 1 aliphatic heterocycles. The van der Waals surface area contributed by atoms with Crippen molar-refractivity contribution in [1.29, 1.82) is 0 Å². The SMILES string of the molecule is C/C=C/C(OP1(=S)N(C)[C@@H]2CCCCC2C=[N+]1C)c1ccccc1. The minimum atomic E-state index is -2.24. The van der Waals surface area contributed by atoms with Crippen molar-refractivity contribution >= 4 is 24.6 Å². The molecule has 4 atom stereocenters. The van der Waals surface area contributed by atoms with Crippen LogP contribution in [0.1, 0.15) is 44.3 Å². The van der Waals surface area contributed by atoms with Gasteiger partial charge in [-0.1, -0.05) is 55.3 Å². The van der Waals surface area contributed by atoms with E-state index in [1.807, 2.05) is 13.0 Å². The van der Waals surface area contributed by atoms with E-state index in [0.29, 0.717) is 12.0 Å². The molecule has 1 aromatic rings. The van der Waals surface area contributed by atoms with Crippen molar-refractivity contribution in [2.45, 2.75) is 44.8 Å². The monoisotopic (exact) mass is 363 g/mol. The zero-order chi connectivity index (χ0) is 17.2. The first-order chi connectivity index (χ1) is 11.6. The van der Waals surface area contributed by atoms with Crippen LogP contribution in [-0.4, -0.2) is 35.4 Å². The smallest absolute Gasteiger partial charge is 0.276 e. The van der Waals surface area contributed by atoms with E-state index < -0.39 is 6.57 Å². The summed E-state index contributed by atoms with van der Waals surface area (Å²) >= 11 is 6.13. The van der Waals surface area contributed by atoms with E-state index in [9.17, 15) is 0 Å². The van der Waals surface area contributed by atoms with Gasteiger partial charge >= 0.3 is 6.57 Å². The fourth-order valence-corrected chi connectivity index (χ4v) is 6.91. The predicted octanol–water partition coefficient (Wildman–Crippen LogP) is 4.76. The second-order valence-electron chi connectivity index (χ2n) is 6.77. The molecule has 0 radical (unpaired) electrons. The Hall–Kier alpha value is -0.800. The topological polar surface area (TPSA) is 15.5 Å². The number of hydrogen-bond donors (Lipinski definition) is 0. The normalized spacial score (nSPS) is 32.4. The summed E-state index contributed by atoms with van der Waals surface area (Å²) in [5.74, 6) is 0.616. The van der Waals surface area contributed by atoms with E-state index in [1.54, 1.807) is 0 Å². The second kappa shape index (κ2) is 7.61. The van der Waals surface area contributed by atoms with Gasteiger partial charge < -0.3 is 0 Å². The van der Waals surface area contributed by atoms with Crippen LogP contribution in [0.3, 0.4) is 0 Å². The van der Waals surface area contributed by atoms with Crippen LogP contribution >= 0.6 is 6.57 Å². The van der Waals surface area contributed by atoms with Gasteiger partial charge in [-0.05, 0) is 32.4 Å². The zero-order valence-electron chi connectivity index (χ0n) is 14.8. The highest BCUT2D eigenvalue weighted by atomic mass is 32.5. The Morgan fingerprint density at radius 3 is 2.71 bits per heavy atom. The Balaban J connectivity index is 1.92. The average Bonchev–Trinajstić information content (AvgIpc) is 2.61. The molecule has 130 valence electrons. The highest BCUT2D eigenvalue weighted by molar-refractivity contribution is 8.08. The molecule has 2 aliphatic rings. The fourth-order valence-electron chi connectivity index (χ4n) is 3.87. The molecule has 24 heavy (non-hydrogen) atoms. The molecule has 1 heterocycles. The largest absolute Gasteiger partial charge is 0.393 e. The van der Waals surface area contributed by atoms with Crippen molar-refractivity contribution < 1.29 is 8.87 Å². The van der Waals surface area contributed by atoms with E-state index in [1.165, 1.54) is 25.7 Å². The third kappa shape index (κ3) is 3.43. The summed E-state index contributed by atoms with van der Waals surface area (Å²) in [6.45, 7) is -0.210. The molecular weight excluding hydrogens is 335 g/mol. The van der Waals surface area contributed by atoms with Crippen LogP contribution in [0.2, 0.25) is 0 Å². The molecule has 0 aromatic heterocycles. The number of nitrogens with zero attached hydrogens (tertiary/aromatic N) is 2. The summed E-state index contributed by atoms with van der Waals surface area (Å²) in [5, 5.41) is 0. The molecular formula is C19H28N2OPS+. The molecule has 0 spiro atoms. The van der Waals surface area contributed by atoms with Crippen LogP contribution in [0, 0.1) is 5.92 Å². The van der Waals surface area contributed by atoms with Crippen LogP contribution in [0.25, 0.3) is 0 Å². The lowest BCUT2D eigenvalue weighted by Gasteiger charge is -2.42. The van der Waals surface area contributed by atoms with E-state index in [-0.39, 0.29) is 6.10 Å². The zero-order valence-corrected chi connectivity index (χ0v) is 16.5. The van der Waals surface area contributed by atoms with E-state index in [4.69, 9.17) is 16.3 Å². The Morgan fingerprint density at radius 1 is 1.29 bits per heavy atom. The number of allylic oxidation sites excluding steroid dienone is 1. The first-order valence-electron chi connectivity index (χ1n) is 8.84. The maximum atomic E-state index is 6.64. The third-order valence-corrected chi connectivity index (χ3v) is 9.54. The Labute approximate surface area is 151 Å². The molecule has 1 saturated carbocycles. The molecule has 5 heteroatoms. The molecule has 0 amide bonds. The molecule has 3 rings (SSSR count). The van der Waals surface area contributed by atoms with Crippen LogP contribution in [0.15, 0.2) is 42.5 Å². The van der Waals surface area contributed by atoms with Gasteiger partial charge in [-0.3, -0.25) is 4.52 Å². The van der Waals surface area contributed by atoms with Gasteiger partial charge in [0.2, 0.25) is 0 Å². The van der Waals surface area contributed by atoms with Gasteiger partial charge in [-0.2, -0.15) is 9.02 Å². The van der Waals surface area contributed by atoms with Crippen molar-refractivity contribution in [3.8, 4) is 0 Å². The lowest BCUT2D eigenvalue weighted by atomic mass is 9.85. The summed E-state index contributed by atoms with van der Waals surface area (Å²) in [4.78, 5) is 0. The summed E-state index contributed by atoms with van der Waals surface area (Å²) in [6.07, 6.45) is 11.5. The molecule has 1 aliphatic carbocycles. The van der Waals surface area contributed by atoms with Crippen molar-refractivity contribution in [2.75, 3.05) is 14.1 Å². The highest BCUT2D eigenvalue weighted by Crippen LogP contribution is 2.58. The van der Waals surface area contributed by atoms with Crippen molar-refractivity contribution in [3.63, 3.8) is 0 Å². The van der Waals surface area contributed by atoms with Crippen molar-refractivity contribution in [3.05, 3.63) is 48.0 Å². The molecule has 0 N–H and O–H groups in total. The second-order valence-corrected chi connectivity index (χ2v) is 10.6. The molecule has 3 nitrogen and oxygen atoms in total. The summed E-state index contributed by atoms with van der Waals surface area (Å²) in [7, 11) is 4.27.